The maximum Gasteiger partial charge on any atom is 0.211 e. The van der Waals surface area contributed by atoms with E-state index in [1.165, 1.54) is 0 Å². The second-order valence-electron chi connectivity index (χ2n) is 5.17. The maximum atomic E-state index is 7.99. The molecule has 0 aromatic rings. The van der Waals surface area contributed by atoms with E-state index in [9.17, 15) is 0 Å². The molecule has 0 aromatic heterocycles. The SMILES string of the molecule is COC1=NCNC(C(N)CC(=N)C(C)(C)C)=C1. The number of rotatable bonds is 3. The Morgan fingerprint density at radius 2 is 2.29 bits per heavy atom. The average molecular weight is 238 g/mol. The third kappa shape index (κ3) is 3.85. The summed E-state index contributed by atoms with van der Waals surface area (Å²) in [7, 11) is 1.58. The van der Waals surface area contributed by atoms with Gasteiger partial charge in [-0.2, -0.15) is 0 Å². The largest absolute Gasteiger partial charge is 0.481 e. The molecule has 0 spiro atoms. The van der Waals surface area contributed by atoms with Crippen LogP contribution in [-0.2, 0) is 4.74 Å². The van der Waals surface area contributed by atoms with Gasteiger partial charge < -0.3 is 21.2 Å². The van der Waals surface area contributed by atoms with E-state index in [1.54, 1.807) is 13.2 Å². The normalized spacial score (nSPS) is 17.7. The minimum Gasteiger partial charge on any atom is -0.481 e. The highest BCUT2D eigenvalue weighted by molar-refractivity contribution is 5.90. The summed E-state index contributed by atoms with van der Waals surface area (Å²) in [6.07, 6.45) is 2.34. The smallest absolute Gasteiger partial charge is 0.211 e. The Kier molecular flexibility index (Phi) is 4.28. The Bertz CT molecular complexity index is 352. The lowest BCUT2D eigenvalue weighted by Crippen LogP contribution is -2.38. The lowest BCUT2D eigenvalue weighted by molar-refractivity contribution is 0.400. The number of nitrogens with two attached hydrogens (primary N) is 1. The van der Waals surface area contributed by atoms with E-state index in [2.05, 4.69) is 10.3 Å². The van der Waals surface area contributed by atoms with Gasteiger partial charge in [0, 0.05) is 29.9 Å². The molecule has 0 radical (unpaired) electrons. The molecule has 0 aromatic carbocycles. The summed E-state index contributed by atoms with van der Waals surface area (Å²) in [4.78, 5) is 4.11. The molecular formula is C12H22N4O. The highest BCUT2D eigenvalue weighted by atomic mass is 16.5. The molecule has 4 N–H and O–H groups in total. The minimum atomic E-state index is -0.206. The van der Waals surface area contributed by atoms with E-state index in [-0.39, 0.29) is 11.5 Å². The predicted molar refractivity (Wildman–Crippen MR) is 70.3 cm³/mol. The van der Waals surface area contributed by atoms with E-state index in [0.29, 0.717) is 24.7 Å². The summed E-state index contributed by atoms with van der Waals surface area (Å²) in [5.41, 5.74) is 7.47. The molecule has 1 aliphatic heterocycles. The lowest BCUT2D eigenvalue weighted by Gasteiger charge is -2.25. The average Bonchev–Trinajstić information content (AvgIpc) is 2.27. The molecule has 1 rings (SSSR count). The van der Waals surface area contributed by atoms with Crippen LogP contribution in [0.25, 0.3) is 0 Å². The van der Waals surface area contributed by atoms with Crippen LogP contribution in [0, 0.1) is 10.8 Å². The van der Waals surface area contributed by atoms with Crippen molar-refractivity contribution in [3.05, 3.63) is 11.8 Å². The standard InChI is InChI=1S/C12H22N4O/c1-12(2,3)10(14)5-8(13)9-6-11(17-4)16-7-15-9/h6,8,14-15H,5,7,13H2,1-4H3. The quantitative estimate of drug-likeness (QED) is 0.647. The fraction of sp³-hybridized carbons (Fsp3) is 0.667. The van der Waals surface area contributed by atoms with Crippen LogP contribution < -0.4 is 11.1 Å². The molecule has 0 saturated heterocycles. The molecule has 1 atom stereocenters. The molecule has 5 nitrogen and oxygen atoms in total. The van der Waals surface area contributed by atoms with Gasteiger partial charge in [-0.05, 0) is 5.41 Å². The van der Waals surface area contributed by atoms with Crippen LogP contribution in [0.15, 0.2) is 16.8 Å². The zero-order valence-electron chi connectivity index (χ0n) is 11.0. The van der Waals surface area contributed by atoms with E-state index >= 15 is 0 Å². The number of ether oxygens (including phenoxy) is 1. The van der Waals surface area contributed by atoms with Gasteiger partial charge in [-0.15, -0.1) is 0 Å². The topological polar surface area (TPSA) is 83.5 Å². The molecule has 0 aliphatic carbocycles. The highest BCUT2D eigenvalue weighted by Gasteiger charge is 2.22. The number of aliphatic imine (C=N–C) groups is 1. The summed E-state index contributed by atoms with van der Waals surface area (Å²) in [5, 5.41) is 11.1. The van der Waals surface area contributed by atoms with E-state index in [4.69, 9.17) is 15.9 Å². The summed E-state index contributed by atoms with van der Waals surface area (Å²) in [6.45, 7) is 6.54. The van der Waals surface area contributed by atoms with Gasteiger partial charge in [-0.25, -0.2) is 4.99 Å². The Morgan fingerprint density at radius 1 is 1.65 bits per heavy atom. The van der Waals surface area contributed by atoms with Gasteiger partial charge in [-0.3, -0.25) is 0 Å². The number of hydrogen-bond acceptors (Lipinski definition) is 5. The Labute approximate surface area is 103 Å². The molecule has 0 bridgehead atoms. The number of nitrogens with one attached hydrogen (secondary N) is 2. The maximum absolute atomic E-state index is 7.99. The zero-order chi connectivity index (χ0) is 13.1. The van der Waals surface area contributed by atoms with Crippen LogP contribution in [0.4, 0.5) is 0 Å². The van der Waals surface area contributed by atoms with Crippen LogP contribution in [0.1, 0.15) is 27.2 Å². The Hall–Kier alpha value is -1.36. The second-order valence-corrected chi connectivity index (χ2v) is 5.17. The first kappa shape index (κ1) is 13.7. The van der Waals surface area contributed by atoms with Gasteiger partial charge in [-0.1, -0.05) is 20.8 Å². The van der Waals surface area contributed by atoms with Gasteiger partial charge in [0.25, 0.3) is 0 Å². The third-order valence-corrected chi connectivity index (χ3v) is 2.74. The van der Waals surface area contributed by atoms with Crippen LogP contribution >= 0.6 is 0 Å². The van der Waals surface area contributed by atoms with Crippen molar-refractivity contribution < 1.29 is 4.74 Å². The van der Waals surface area contributed by atoms with Gasteiger partial charge in [0.15, 0.2) is 0 Å². The van der Waals surface area contributed by atoms with Crippen LogP contribution in [0.5, 0.6) is 0 Å². The molecule has 17 heavy (non-hydrogen) atoms. The third-order valence-electron chi connectivity index (χ3n) is 2.74. The fourth-order valence-electron chi connectivity index (χ4n) is 1.44. The van der Waals surface area contributed by atoms with E-state index in [1.807, 2.05) is 20.8 Å². The van der Waals surface area contributed by atoms with Crippen molar-refractivity contribution in [2.75, 3.05) is 13.8 Å². The van der Waals surface area contributed by atoms with Crippen LogP contribution in [0.2, 0.25) is 0 Å². The summed E-state index contributed by atoms with van der Waals surface area (Å²) < 4.78 is 5.07. The van der Waals surface area contributed by atoms with E-state index in [0.717, 1.165) is 5.70 Å². The molecular weight excluding hydrogens is 216 g/mol. The molecule has 1 heterocycles. The first-order valence-electron chi connectivity index (χ1n) is 5.72. The molecule has 96 valence electrons. The molecule has 1 aliphatic rings. The van der Waals surface area contributed by atoms with Crippen molar-refractivity contribution in [2.24, 2.45) is 16.1 Å². The van der Waals surface area contributed by atoms with Crippen molar-refractivity contribution in [3.8, 4) is 0 Å². The van der Waals surface area contributed by atoms with Crippen LogP contribution in [-0.4, -0.2) is 31.4 Å². The number of hydrogen-bond donors (Lipinski definition) is 3. The molecule has 0 amide bonds. The predicted octanol–water partition coefficient (Wildman–Crippen LogP) is 1.26. The van der Waals surface area contributed by atoms with Gasteiger partial charge >= 0.3 is 0 Å². The van der Waals surface area contributed by atoms with Crippen LogP contribution in [0.3, 0.4) is 0 Å². The fourth-order valence-corrected chi connectivity index (χ4v) is 1.44. The van der Waals surface area contributed by atoms with Crippen molar-refractivity contribution in [1.29, 1.82) is 5.41 Å². The number of methoxy groups -OCH3 is 1. The van der Waals surface area contributed by atoms with Gasteiger partial charge in [0.05, 0.1) is 7.11 Å². The summed E-state index contributed by atoms with van der Waals surface area (Å²) >= 11 is 0. The van der Waals surface area contributed by atoms with Crippen molar-refractivity contribution >= 4 is 11.6 Å². The molecule has 1 unspecified atom stereocenters. The summed E-state index contributed by atoms with van der Waals surface area (Å²) in [5.74, 6) is 0.580. The van der Waals surface area contributed by atoms with Crippen molar-refractivity contribution in [3.63, 3.8) is 0 Å². The zero-order valence-corrected chi connectivity index (χ0v) is 11.0. The molecule has 0 fully saturated rings. The minimum absolute atomic E-state index is 0.134. The Morgan fingerprint density at radius 3 is 2.82 bits per heavy atom. The van der Waals surface area contributed by atoms with Gasteiger partial charge in [0.1, 0.15) is 6.67 Å². The van der Waals surface area contributed by atoms with Crippen molar-refractivity contribution in [1.82, 2.24) is 5.32 Å². The highest BCUT2D eigenvalue weighted by Crippen LogP contribution is 2.19. The first-order chi connectivity index (χ1) is 7.84. The first-order valence-corrected chi connectivity index (χ1v) is 5.72. The molecule has 0 saturated carbocycles. The van der Waals surface area contributed by atoms with Crippen molar-refractivity contribution in [2.45, 2.75) is 33.2 Å². The van der Waals surface area contributed by atoms with E-state index < -0.39 is 0 Å². The molecule has 5 heteroatoms. The Balaban J connectivity index is 2.65. The number of nitrogens with zero attached hydrogens (tertiary/aromatic N) is 1. The second kappa shape index (κ2) is 5.31. The lowest BCUT2D eigenvalue weighted by atomic mass is 9.86. The monoisotopic (exact) mass is 238 g/mol. The summed E-state index contributed by atoms with van der Waals surface area (Å²) in [6, 6.07) is -0.206. The van der Waals surface area contributed by atoms with Gasteiger partial charge in [0.2, 0.25) is 5.90 Å².